The molecule has 2 amide bonds. The zero-order valence-corrected chi connectivity index (χ0v) is 23.3. The van der Waals surface area contributed by atoms with Crippen molar-refractivity contribution in [2.75, 3.05) is 0 Å². The number of ketones is 1. The smallest absolute Gasteiger partial charge is 0.522 e. The Morgan fingerprint density at radius 1 is 0.900 bits per heavy atom. The van der Waals surface area contributed by atoms with Crippen LogP contribution >= 0.6 is 0 Å². The molecule has 0 saturated carbocycles. The molecule has 0 saturated heterocycles. The van der Waals surface area contributed by atoms with Crippen LogP contribution in [0.25, 0.3) is 0 Å². The van der Waals surface area contributed by atoms with Crippen molar-refractivity contribution >= 4 is 24.7 Å². The summed E-state index contributed by atoms with van der Waals surface area (Å²) in [6.45, 7) is 7.86. The molecule has 10 heteroatoms. The number of aromatic nitrogens is 2. The zero-order chi connectivity index (χ0) is 28.6. The van der Waals surface area contributed by atoms with E-state index in [1.54, 1.807) is 6.07 Å². The second-order valence-electron chi connectivity index (χ2n) is 10.7. The fourth-order valence-electron chi connectivity index (χ4n) is 4.43. The third kappa shape index (κ3) is 7.68. The predicted molar refractivity (Wildman–Crippen MR) is 152 cm³/mol. The first-order valence-electron chi connectivity index (χ1n) is 13.6. The lowest BCUT2D eigenvalue weighted by Gasteiger charge is -2.25. The molecule has 1 aliphatic rings. The normalized spacial score (nSPS) is 13.7. The third-order valence-corrected chi connectivity index (χ3v) is 6.60. The van der Waals surface area contributed by atoms with E-state index in [-0.39, 0.29) is 35.6 Å². The van der Waals surface area contributed by atoms with Crippen LogP contribution in [0.2, 0.25) is 0 Å². The Bertz CT molecular complexity index is 1320. The Hall–Kier alpha value is -4.21. The molecule has 9 nitrogen and oxygen atoms in total. The van der Waals surface area contributed by atoms with Crippen molar-refractivity contribution in [1.29, 1.82) is 0 Å². The van der Waals surface area contributed by atoms with E-state index in [4.69, 9.17) is 9.31 Å². The molecule has 0 unspecified atom stereocenters. The van der Waals surface area contributed by atoms with Crippen molar-refractivity contribution in [3.8, 4) is 11.5 Å². The second-order valence-corrected chi connectivity index (χ2v) is 10.7. The van der Waals surface area contributed by atoms with E-state index in [0.717, 1.165) is 11.1 Å². The summed E-state index contributed by atoms with van der Waals surface area (Å²) in [6, 6.07) is 14.1. The Kier molecular flexibility index (Phi) is 9.53. The summed E-state index contributed by atoms with van der Waals surface area (Å²) in [6.07, 6.45) is 5.45. The molecule has 2 aromatic carbocycles. The van der Waals surface area contributed by atoms with Crippen molar-refractivity contribution in [3.63, 3.8) is 0 Å². The monoisotopic (exact) mass is 542 g/mol. The van der Waals surface area contributed by atoms with Crippen molar-refractivity contribution in [2.45, 2.75) is 58.9 Å². The van der Waals surface area contributed by atoms with E-state index in [1.807, 2.05) is 70.2 Å². The van der Waals surface area contributed by atoms with Crippen molar-refractivity contribution in [2.24, 2.45) is 11.8 Å². The van der Waals surface area contributed by atoms with E-state index >= 15 is 0 Å². The summed E-state index contributed by atoms with van der Waals surface area (Å²) >= 11 is 0. The number of carbonyl (C=O) groups excluding carboxylic acids is 3. The fraction of sp³-hybridized carbons (Fsp3) is 0.367. The lowest BCUT2D eigenvalue weighted by atomic mass is 9.74. The lowest BCUT2D eigenvalue weighted by molar-refractivity contribution is -0.123. The summed E-state index contributed by atoms with van der Waals surface area (Å²) in [5, 5.41) is 5.89. The number of amides is 2. The fourth-order valence-corrected chi connectivity index (χ4v) is 4.43. The molecular weight excluding hydrogens is 507 g/mol. The van der Waals surface area contributed by atoms with Gasteiger partial charge in [0.05, 0.1) is 12.1 Å². The molecule has 1 aromatic heterocycles. The van der Waals surface area contributed by atoms with E-state index in [0.29, 0.717) is 24.3 Å². The summed E-state index contributed by atoms with van der Waals surface area (Å²) in [4.78, 5) is 46.8. The van der Waals surface area contributed by atoms with Crippen LogP contribution in [0.15, 0.2) is 67.1 Å². The van der Waals surface area contributed by atoms with Crippen LogP contribution in [0, 0.1) is 11.8 Å². The Labute approximate surface area is 235 Å². The summed E-state index contributed by atoms with van der Waals surface area (Å²) in [5.41, 5.74) is 1.87. The maximum atomic E-state index is 13.7. The van der Waals surface area contributed by atoms with Gasteiger partial charge in [0.25, 0.3) is 5.91 Å². The molecule has 2 atom stereocenters. The van der Waals surface area contributed by atoms with Crippen LogP contribution in [0.3, 0.4) is 0 Å². The highest BCUT2D eigenvalue weighted by atomic mass is 16.6. The summed E-state index contributed by atoms with van der Waals surface area (Å²) in [7, 11) is -0.759. The van der Waals surface area contributed by atoms with Crippen LogP contribution in [-0.4, -0.2) is 46.7 Å². The molecule has 2 heterocycles. The first-order valence-corrected chi connectivity index (χ1v) is 13.6. The van der Waals surface area contributed by atoms with Gasteiger partial charge in [-0.1, -0.05) is 64.1 Å². The number of Topliss-reactive ketones (excluding diaryl/α,β-unsaturated/α-hetero) is 1. The van der Waals surface area contributed by atoms with Crippen LogP contribution in [0.1, 0.15) is 55.7 Å². The minimum absolute atomic E-state index is 0.0536. The van der Waals surface area contributed by atoms with Crippen LogP contribution in [0.4, 0.5) is 0 Å². The van der Waals surface area contributed by atoms with Gasteiger partial charge in [0, 0.05) is 31.2 Å². The highest BCUT2D eigenvalue weighted by Crippen LogP contribution is 2.36. The zero-order valence-electron chi connectivity index (χ0n) is 23.3. The quantitative estimate of drug-likeness (QED) is 0.336. The van der Waals surface area contributed by atoms with Crippen LogP contribution in [0.5, 0.6) is 11.5 Å². The number of rotatable bonds is 12. The summed E-state index contributed by atoms with van der Waals surface area (Å²) in [5.74, 6) is 0.0706. The molecular formula is C30H35BN4O5. The minimum Gasteiger partial charge on any atom is -0.522 e. The summed E-state index contributed by atoms with van der Waals surface area (Å²) < 4.78 is 12.2. The first-order chi connectivity index (χ1) is 19.2. The van der Waals surface area contributed by atoms with Gasteiger partial charge in [0.1, 0.15) is 29.0 Å². The SMILES string of the molecule is CC(C)C[C@H](NC(=O)[C@H](Cc1ccccc1)NC(=O)c1cnccn1)B1Oc2ccc(CC(=O)C(C)C)cc2O1. The Morgan fingerprint density at radius 3 is 2.33 bits per heavy atom. The van der Waals surface area contributed by atoms with Gasteiger partial charge in [-0.2, -0.15) is 0 Å². The van der Waals surface area contributed by atoms with Gasteiger partial charge in [0.2, 0.25) is 5.91 Å². The van der Waals surface area contributed by atoms with E-state index in [1.165, 1.54) is 18.6 Å². The number of nitrogens with zero attached hydrogens (tertiary/aromatic N) is 2. The van der Waals surface area contributed by atoms with Gasteiger partial charge in [-0.3, -0.25) is 19.4 Å². The average molecular weight is 542 g/mol. The molecule has 1 aliphatic heterocycles. The molecule has 40 heavy (non-hydrogen) atoms. The van der Waals surface area contributed by atoms with Gasteiger partial charge in [-0.25, -0.2) is 4.98 Å². The van der Waals surface area contributed by atoms with Gasteiger partial charge in [-0.05, 0) is 35.6 Å². The molecule has 0 radical (unpaired) electrons. The number of benzene rings is 2. The van der Waals surface area contributed by atoms with Crippen LogP contribution < -0.4 is 19.9 Å². The number of hydrogen-bond acceptors (Lipinski definition) is 7. The largest absolute Gasteiger partial charge is 0.618 e. The van der Waals surface area contributed by atoms with Crippen molar-refractivity contribution in [1.82, 2.24) is 20.6 Å². The lowest BCUT2D eigenvalue weighted by Crippen LogP contribution is -2.57. The second kappa shape index (κ2) is 13.2. The standard InChI is InChI=1S/C30H35BN4O5/c1-19(2)14-28(31-39-26-11-10-22(17-27(26)40-31)16-25(36)20(3)4)35-29(37)23(15-21-8-6-5-7-9-21)34-30(38)24-18-32-12-13-33-24/h5-13,17-20,23,28H,14-16H2,1-4H3,(H,34,38)(H,35,37)/t23-,28-/m0/s1. The molecule has 0 fully saturated rings. The number of carbonyl (C=O) groups is 3. The topological polar surface area (TPSA) is 120 Å². The third-order valence-electron chi connectivity index (χ3n) is 6.60. The molecule has 4 rings (SSSR count). The number of hydrogen-bond donors (Lipinski definition) is 2. The van der Waals surface area contributed by atoms with Gasteiger partial charge in [0.15, 0.2) is 0 Å². The molecule has 0 bridgehead atoms. The van der Waals surface area contributed by atoms with Gasteiger partial charge >= 0.3 is 7.12 Å². The maximum Gasteiger partial charge on any atom is 0.618 e. The highest BCUT2D eigenvalue weighted by Gasteiger charge is 2.42. The highest BCUT2D eigenvalue weighted by molar-refractivity contribution is 6.50. The average Bonchev–Trinajstić information content (AvgIpc) is 3.36. The van der Waals surface area contributed by atoms with E-state index in [9.17, 15) is 14.4 Å². The van der Waals surface area contributed by atoms with Crippen LogP contribution in [-0.2, 0) is 22.4 Å². The van der Waals surface area contributed by atoms with E-state index < -0.39 is 25.0 Å². The molecule has 3 aromatic rings. The van der Waals surface area contributed by atoms with Crippen molar-refractivity contribution < 1.29 is 23.7 Å². The van der Waals surface area contributed by atoms with Crippen molar-refractivity contribution in [3.05, 3.63) is 83.9 Å². The first kappa shape index (κ1) is 28.8. The molecule has 2 N–H and O–H groups in total. The molecule has 0 spiro atoms. The Morgan fingerprint density at radius 2 is 1.65 bits per heavy atom. The maximum absolute atomic E-state index is 13.7. The predicted octanol–water partition coefficient (Wildman–Crippen LogP) is 3.62. The molecule has 208 valence electrons. The number of fused-ring (bicyclic) bond motifs is 1. The van der Waals surface area contributed by atoms with E-state index in [2.05, 4.69) is 20.6 Å². The Balaban J connectivity index is 1.50. The molecule has 0 aliphatic carbocycles. The van der Waals surface area contributed by atoms with Gasteiger partial charge < -0.3 is 19.9 Å². The van der Waals surface area contributed by atoms with Gasteiger partial charge in [-0.15, -0.1) is 0 Å². The minimum atomic E-state index is -0.871. The number of nitrogens with one attached hydrogen (secondary N) is 2.